The van der Waals surface area contributed by atoms with Crippen LogP contribution in [0.4, 0.5) is 0 Å². The quantitative estimate of drug-likeness (QED) is 0.813. The number of esters is 1. The zero-order valence-corrected chi connectivity index (χ0v) is 11.3. The Labute approximate surface area is 119 Å². The lowest BCUT2D eigenvalue weighted by atomic mass is 10.3. The number of hydrogen-bond donors (Lipinski definition) is 0. The van der Waals surface area contributed by atoms with E-state index in [0.29, 0.717) is 15.8 Å². The van der Waals surface area contributed by atoms with E-state index in [4.69, 9.17) is 27.9 Å². The second-order valence-electron chi connectivity index (χ2n) is 3.40. The molecule has 2 rings (SSSR count). The van der Waals surface area contributed by atoms with Crippen LogP contribution in [-0.2, 0) is 4.74 Å². The smallest absolute Gasteiger partial charge is 0.360 e. The summed E-state index contributed by atoms with van der Waals surface area (Å²) in [6.07, 6.45) is 2.56. The number of methoxy groups -OCH3 is 1. The van der Waals surface area contributed by atoms with Gasteiger partial charge >= 0.3 is 5.97 Å². The van der Waals surface area contributed by atoms with E-state index in [0.717, 1.165) is 0 Å². The third-order valence-electron chi connectivity index (χ3n) is 2.17. The molecule has 0 radical (unpaired) electrons. The first-order valence-corrected chi connectivity index (χ1v) is 5.88. The maximum atomic E-state index is 11.5. The highest BCUT2D eigenvalue weighted by molar-refractivity contribution is 6.34. The Balaban J connectivity index is 2.38. The molecule has 0 aliphatic carbocycles. The van der Waals surface area contributed by atoms with Crippen LogP contribution in [0.1, 0.15) is 10.5 Å². The average molecular weight is 299 g/mol. The van der Waals surface area contributed by atoms with Crippen molar-refractivity contribution in [1.82, 2.24) is 9.97 Å². The summed E-state index contributed by atoms with van der Waals surface area (Å²) in [5.74, 6) is -0.191. The maximum absolute atomic E-state index is 11.5. The topological polar surface area (TPSA) is 61.3 Å². The van der Waals surface area contributed by atoms with Crippen molar-refractivity contribution in [1.29, 1.82) is 0 Å². The normalized spacial score (nSPS) is 10.1. The van der Waals surface area contributed by atoms with Crippen LogP contribution in [0.15, 0.2) is 30.7 Å². The van der Waals surface area contributed by atoms with Crippen LogP contribution in [0.5, 0.6) is 11.5 Å². The van der Waals surface area contributed by atoms with Gasteiger partial charge in [0.2, 0.25) is 0 Å². The summed E-state index contributed by atoms with van der Waals surface area (Å²) in [6.45, 7) is 0. The van der Waals surface area contributed by atoms with E-state index >= 15 is 0 Å². The molecule has 0 saturated carbocycles. The van der Waals surface area contributed by atoms with E-state index in [1.807, 2.05) is 0 Å². The Kier molecular flexibility index (Phi) is 4.19. The van der Waals surface area contributed by atoms with E-state index in [-0.39, 0.29) is 11.4 Å². The zero-order valence-electron chi connectivity index (χ0n) is 9.76. The first-order valence-electron chi connectivity index (χ1n) is 5.13. The van der Waals surface area contributed by atoms with Crippen molar-refractivity contribution in [2.75, 3.05) is 7.11 Å². The maximum Gasteiger partial charge on any atom is 0.360 e. The Morgan fingerprint density at radius 2 is 2.05 bits per heavy atom. The van der Waals surface area contributed by atoms with Crippen LogP contribution < -0.4 is 4.74 Å². The molecule has 2 aromatic rings. The molecule has 0 spiro atoms. The van der Waals surface area contributed by atoms with Gasteiger partial charge < -0.3 is 9.47 Å². The Hall–Kier alpha value is -1.85. The summed E-state index contributed by atoms with van der Waals surface area (Å²) in [7, 11) is 1.25. The van der Waals surface area contributed by atoms with Crippen molar-refractivity contribution in [3.8, 4) is 11.5 Å². The third kappa shape index (κ3) is 3.13. The molecule has 19 heavy (non-hydrogen) atoms. The first-order chi connectivity index (χ1) is 9.11. The highest BCUT2D eigenvalue weighted by Gasteiger charge is 2.16. The molecule has 0 aliphatic heterocycles. The van der Waals surface area contributed by atoms with E-state index in [1.54, 1.807) is 12.1 Å². The molecular formula is C12H8Cl2N2O3. The van der Waals surface area contributed by atoms with E-state index in [2.05, 4.69) is 14.7 Å². The molecule has 0 unspecified atom stereocenters. The summed E-state index contributed by atoms with van der Waals surface area (Å²) >= 11 is 11.8. The van der Waals surface area contributed by atoms with Crippen LogP contribution in [0.25, 0.3) is 0 Å². The lowest BCUT2D eigenvalue weighted by Crippen LogP contribution is -2.07. The molecule has 0 bridgehead atoms. The number of aromatic nitrogens is 2. The van der Waals surface area contributed by atoms with Gasteiger partial charge in [-0.2, -0.15) is 0 Å². The van der Waals surface area contributed by atoms with E-state index in [1.165, 1.54) is 25.7 Å². The highest BCUT2D eigenvalue weighted by Crippen LogP contribution is 2.32. The van der Waals surface area contributed by atoms with Gasteiger partial charge in [0.1, 0.15) is 12.1 Å². The van der Waals surface area contributed by atoms with Crippen molar-refractivity contribution in [3.05, 3.63) is 46.5 Å². The molecule has 98 valence electrons. The number of nitrogens with zero attached hydrogens (tertiary/aromatic N) is 2. The minimum Gasteiger partial charge on any atom is -0.464 e. The Morgan fingerprint density at radius 3 is 2.79 bits per heavy atom. The van der Waals surface area contributed by atoms with Gasteiger partial charge in [-0.25, -0.2) is 14.8 Å². The van der Waals surface area contributed by atoms with Crippen LogP contribution in [0, 0.1) is 0 Å². The molecule has 0 N–H and O–H groups in total. The molecule has 5 nitrogen and oxygen atoms in total. The SMILES string of the molecule is COC(=O)c1ncncc1Oc1cc(Cl)ccc1Cl. The first kappa shape index (κ1) is 13.6. The molecular weight excluding hydrogens is 291 g/mol. The Morgan fingerprint density at radius 1 is 1.26 bits per heavy atom. The molecule has 1 aromatic heterocycles. The van der Waals surface area contributed by atoms with Gasteiger partial charge in [-0.1, -0.05) is 23.2 Å². The lowest BCUT2D eigenvalue weighted by molar-refractivity contribution is 0.0590. The molecule has 1 aromatic carbocycles. The predicted molar refractivity (Wildman–Crippen MR) is 69.9 cm³/mol. The average Bonchev–Trinajstić information content (AvgIpc) is 2.42. The number of halogens is 2. The number of carbonyl (C=O) groups is 1. The van der Waals surface area contributed by atoms with Gasteiger partial charge in [0.25, 0.3) is 0 Å². The monoisotopic (exact) mass is 298 g/mol. The summed E-state index contributed by atoms with van der Waals surface area (Å²) in [4.78, 5) is 19.1. The van der Waals surface area contributed by atoms with E-state index < -0.39 is 5.97 Å². The van der Waals surface area contributed by atoms with E-state index in [9.17, 15) is 4.79 Å². The summed E-state index contributed by atoms with van der Waals surface area (Å²) in [5, 5.41) is 0.805. The van der Waals surface area contributed by atoms with Gasteiger partial charge in [0.15, 0.2) is 11.4 Å². The second kappa shape index (κ2) is 5.86. The predicted octanol–water partition coefficient (Wildman–Crippen LogP) is 3.36. The van der Waals surface area contributed by atoms with Crippen molar-refractivity contribution >= 4 is 29.2 Å². The Bertz CT molecular complexity index is 620. The fourth-order valence-corrected chi connectivity index (χ4v) is 1.63. The molecule has 7 heteroatoms. The van der Waals surface area contributed by atoms with Gasteiger partial charge in [0, 0.05) is 11.1 Å². The number of hydrogen-bond acceptors (Lipinski definition) is 5. The molecule has 0 aliphatic rings. The fourth-order valence-electron chi connectivity index (χ4n) is 1.32. The van der Waals surface area contributed by atoms with Crippen molar-refractivity contribution in [2.24, 2.45) is 0 Å². The molecule has 0 amide bonds. The van der Waals surface area contributed by atoms with Crippen LogP contribution in [0.3, 0.4) is 0 Å². The summed E-state index contributed by atoms with van der Waals surface area (Å²) < 4.78 is 10.1. The molecule has 0 atom stereocenters. The van der Waals surface area contributed by atoms with Crippen molar-refractivity contribution < 1.29 is 14.3 Å². The fraction of sp³-hybridized carbons (Fsp3) is 0.0833. The minimum absolute atomic E-state index is 0.00791. The highest BCUT2D eigenvalue weighted by atomic mass is 35.5. The van der Waals surface area contributed by atoms with Crippen molar-refractivity contribution in [3.63, 3.8) is 0 Å². The van der Waals surface area contributed by atoms with Gasteiger partial charge in [-0.15, -0.1) is 0 Å². The van der Waals surface area contributed by atoms with Gasteiger partial charge in [-0.05, 0) is 12.1 Å². The third-order valence-corrected chi connectivity index (χ3v) is 2.72. The molecule has 0 fully saturated rings. The largest absolute Gasteiger partial charge is 0.464 e. The molecule has 0 saturated heterocycles. The number of ether oxygens (including phenoxy) is 2. The van der Waals surface area contributed by atoms with Crippen LogP contribution in [-0.4, -0.2) is 23.0 Å². The summed E-state index contributed by atoms with van der Waals surface area (Å²) in [5.41, 5.74) is 0.00791. The van der Waals surface area contributed by atoms with Gasteiger partial charge in [-0.3, -0.25) is 0 Å². The number of benzene rings is 1. The van der Waals surface area contributed by atoms with Crippen LogP contribution >= 0.6 is 23.2 Å². The number of carbonyl (C=O) groups excluding carboxylic acids is 1. The van der Waals surface area contributed by atoms with Crippen LogP contribution in [0.2, 0.25) is 10.0 Å². The minimum atomic E-state index is -0.629. The van der Waals surface area contributed by atoms with Gasteiger partial charge in [0.05, 0.1) is 18.3 Å². The standard InChI is InChI=1S/C12H8Cl2N2O3/c1-18-12(17)11-10(5-15-6-16-11)19-9-4-7(13)2-3-8(9)14/h2-6H,1H3. The molecule has 1 heterocycles. The van der Waals surface area contributed by atoms with Crippen molar-refractivity contribution in [2.45, 2.75) is 0 Å². The second-order valence-corrected chi connectivity index (χ2v) is 4.25. The zero-order chi connectivity index (χ0) is 13.8. The lowest BCUT2D eigenvalue weighted by Gasteiger charge is -2.09. The number of rotatable bonds is 3. The summed E-state index contributed by atoms with van der Waals surface area (Å²) in [6, 6.07) is 4.73.